The number of halogens is 3. The van der Waals surface area contributed by atoms with Crippen molar-refractivity contribution in [1.82, 2.24) is 10.3 Å². The molecule has 0 atom stereocenters. The van der Waals surface area contributed by atoms with Gasteiger partial charge in [-0.1, -0.05) is 0 Å². The van der Waals surface area contributed by atoms with Crippen LogP contribution in [0, 0.1) is 6.92 Å². The van der Waals surface area contributed by atoms with Crippen LogP contribution in [0.3, 0.4) is 0 Å². The number of amides is 1. The van der Waals surface area contributed by atoms with Gasteiger partial charge in [-0.3, -0.25) is 4.79 Å². The first-order valence-corrected chi connectivity index (χ1v) is 7.82. The maximum Gasteiger partial charge on any atom is 0.515 e. The van der Waals surface area contributed by atoms with E-state index in [0.29, 0.717) is 10.5 Å². The summed E-state index contributed by atoms with van der Waals surface area (Å²) in [6.07, 6.45) is -4.46. The number of rotatable bonds is 3. The Balaban J connectivity index is 2.15. The maximum absolute atomic E-state index is 12.2. The van der Waals surface area contributed by atoms with E-state index in [2.05, 4.69) is 4.98 Å². The summed E-state index contributed by atoms with van der Waals surface area (Å²) in [6.45, 7) is 7.85. The summed E-state index contributed by atoms with van der Waals surface area (Å²) in [6, 6.07) is 0. The molecule has 0 aromatic carbocycles. The number of alkyl halides is 3. The number of hydrogen-bond donors (Lipinski definition) is 1. The SMILES string of the molecule is Cc1sc(C(=O)NCC(F)(F)F)nc1B1OC(C)(C)C(C)(C)O1. The largest absolute Gasteiger partial charge is 0.515 e. The monoisotopic (exact) mass is 350 g/mol. The van der Waals surface area contributed by atoms with E-state index in [9.17, 15) is 18.0 Å². The van der Waals surface area contributed by atoms with Gasteiger partial charge >= 0.3 is 13.3 Å². The van der Waals surface area contributed by atoms with E-state index < -0.39 is 36.9 Å². The minimum Gasteiger partial charge on any atom is -0.398 e. The molecule has 1 saturated heterocycles. The third-order valence-corrected chi connectivity index (χ3v) is 4.94. The molecule has 1 aliphatic heterocycles. The zero-order chi connectivity index (χ0) is 17.6. The smallest absolute Gasteiger partial charge is 0.398 e. The molecule has 1 aromatic heterocycles. The maximum atomic E-state index is 12.2. The lowest BCUT2D eigenvalue weighted by molar-refractivity contribution is -0.123. The number of carbonyl (C=O) groups is 1. The van der Waals surface area contributed by atoms with Crippen LogP contribution in [0.25, 0.3) is 0 Å². The molecule has 0 spiro atoms. The molecule has 1 N–H and O–H groups in total. The fourth-order valence-electron chi connectivity index (χ4n) is 1.93. The van der Waals surface area contributed by atoms with Crippen LogP contribution in [0.5, 0.6) is 0 Å². The minimum absolute atomic E-state index is 0.0449. The van der Waals surface area contributed by atoms with Crippen LogP contribution in [0.15, 0.2) is 0 Å². The normalized spacial score (nSPS) is 19.9. The van der Waals surface area contributed by atoms with Crippen molar-refractivity contribution in [3.63, 3.8) is 0 Å². The Labute approximate surface area is 136 Å². The standard InChI is InChI=1S/C13H18BF3N2O3S/c1-7-8(14-21-11(2,3)12(4,5)22-14)19-10(23-7)9(20)18-6-13(15,16)17/h6H2,1-5H3,(H,18,20). The third kappa shape index (κ3) is 3.86. The first-order chi connectivity index (χ1) is 10.3. The van der Waals surface area contributed by atoms with Crippen molar-refractivity contribution >= 4 is 30.0 Å². The molecular formula is C13H18BF3N2O3S. The molecular weight excluding hydrogens is 332 g/mol. The van der Waals surface area contributed by atoms with Crippen molar-refractivity contribution in [3.05, 3.63) is 9.88 Å². The zero-order valence-electron chi connectivity index (χ0n) is 13.5. The lowest BCUT2D eigenvalue weighted by atomic mass is 9.84. The molecule has 1 amide bonds. The van der Waals surface area contributed by atoms with Crippen LogP contribution in [-0.4, -0.2) is 41.9 Å². The fourth-order valence-corrected chi connectivity index (χ4v) is 2.78. The molecule has 23 heavy (non-hydrogen) atoms. The van der Waals surface area contributed by atoms with Crippen molar-refractivity contribution in [1.29, 1.82) is 0 Å². The summed E-state index contributed by atoms with van der Waals surface area (Å²) in [4.78, 5) is 16.6. The van der Waals surface area contributed by atoms with E-state index in [1.807, 2.05) is 27.7 Å². The molecule has 0 saturated carbocycles. The summed E-state index contributed by atoms with van der Waals surface area (Å²) < 4.78 is 48.2. The molecule has 2 rings (SSSR count). The first kappa shape index (κ1) is 18.2. The number of hydrogen-bond acceptors (Lipinski definition) is 5. The molecule has 0 aliphatic carbocycles. The first-order valence-electron chi connectivity index (χ1n) is 7.00. The number of nitrogens with zero attached hydrogens (tertiary/aromatic N) is 1. The van der Waals surface area contributed by atoms with Crippen LogP contribution in [0.1, 0.15) is 42.4 Å². The number of aryl methyl sites for hydroxylation is 1. The summed E-state index contributed by atoms with van der Waals surface area (Å²) in [7, 11) is -0.750. The van der Waals surface area contributed by atoms with Crippen molar-refractivity contribution in [2.75, 3.05) is 6.54 Å². The Bertz CT molecular complexity index is 600. The van der Waals surface area contributed by atoms with Crippen LogP contribution >= 0.6 is 11.3 Å². The molecule has 0 bridgehead atoms. The second-order valence-electron chi connectivity index (χ2n) is 6.35. The van der Waals surface area contributed by atoms with Gasteiger partial charge in [-0.25, -0.2) is 4.98 Å². The molecule has 2 heterocycles. The van der Waals surface area contributed by atoms with E-state index in [-0.39, 0.29) is 5.01 Å². The van der Waals surface area contributed by atoms with Gasteiger partial charge in [0, 0.05) is 4.88 Å². The van der Waals surface area contributed by atoms with Gasteiger partial charge in [-0.2, -0.15) is 13.2 Å². The van der Waals surface area contributed by atoms with E-state index >= 15 is 0 Å². The molecule has 1 aliphatic rings. The lowest BCUT2D eigenvalue weighted by Gasteiger charge is -2.32. The molecule has 1 aromatic rings. The second kappa shape index (κ2) is 5.75. The highest BCUT2D eigenvalue weighted by molar-refractivity contribution is 7.14. The van der Waals surface area contributed by atoms with Gasteiger partial charge in [0.15, 0.2) is 5.01 Å². The van der Waals surface area contributed by atoms with Gasteiger partial charge < -0.3 is 14.6 Å². The average Bonchev–Trinajstić information content (AvgIpc) is 2.84. The predicted molar refractivity (Wildman–Crippen MR) is 81.0 cm³/mol. The van der Waals surface area contributed by atoms with Crippen LogP contribution in [0.4, 0.5) is 13.2 Å². The molecule has 128 valence electrons. The number of thiazole rings is 1. The molecule has 0 unspecified atom stereocenters. The average molecular weight is 350 g/mol. The summed E-state index contributed by atoms with van der Waals surface area (Å²) in [5.74, 6) is -0.863. The van der Waals surface area contributed by atoms with E-state index in [4.69, 9.17) is 9.31 Å². The Kier molecular flexibility index (Phi) is 4.55. The van der Waals surface area contributed by atoms with Crippen molar-refractivity contribution in [3.8, 4) is 0 Å². The van der Waals surface area contributed by atoms with Gasteiger partial charge in [0.1, 0.15) is 6.54 Å². The van der Waals surface area contributed by atoms with Gasteiger partial charge in [0.2, 0.25) is 0 Å². The molecule has 10 heteroatoms. The highest BCUT2D eigenvalue weighted by Gasteiger charge is 2.53. The van der Waals surface area contributed by atoms with Crippen molar-refractivity contribution < 1.29 is 27.3 Å². The van der Waals surface area contributed by atoms with Crippen molar-refractivity contribution in [2.45, 2.75) is 52.0 Å². The van der Waals surface area contributed by atoms with Crippen LogP contribution in [0.2, 0.25) is 0 Å². The summed E-state index contributed by atoms with van der Waals surface area (Å²) in [5.41, 5.74) is -0.704. The lowest BCUT2D eigenvalue weighted by Crippen LogP contribution is -2.41. The fraction of sp³-hybridized carbons (Fsp3) is 0.692. The Morgan fingerprint density at radius 1 is 1.26 bits per heavy atom. The summed E-state index contributed by atoms with van der Waals surface area (Å²) >= 11 is 1.01. The van der Waals surface area contributed by atoms with Gasteiger partial charge in [0.05, 0.1) is 16.8 Å². The van der Waals surface area contributed by atoms with E-state index in [1.165, 1.54) is 0 Å². The third-order valence-electron chi connectivity index (χ3n) is 3.95. The Hall–Kier alpha value is -1.13. The van der Waals surface area contributed by atoms with E-state index in [0.717, 1.165) is 11.3 Å². The molecule has 0 radical (unpaired) electrons. The highest BCUT2D eigenvalue weighted by Crippen LogP contribution is 2.36. The minimum atomic E-state index is -4.46. The molecule has 5 nitrogen and oxygen atoms in total. The van der Waals surface area contributed by atoms with Gasteiger partial charge in [0.25, 0.3) is 5.91 Å². The van der Waals surface area contributed by atoms with E-state index in [1.54, 1.807) is 12.2 Å². The topological polar surface area (TPSA) is 60.5 Å². The number of nitrogens with one attached hydrogen (secondary N) is 1. The quantitative estimate of drug-likeness (QED) is 0.848. The van der Waals surface area contributed by atoms with Gasteiger partial charge in [-0.05, 0) is 34.6 Å². The van der Waals surface area contributed by atoms with Gasteiger partial charge in [-0.15, -0.1) is 11.3 Å². The Morgan fingerprint density at radius 2 is 1.78 bits per heavy atom. The molecule has 1 fully saturated rings. The summed E-state index contributed by atoms with van der Waals surface area (Å²) in [5, 5.41) is 1.76. The Morgan fingerprint density at radius 3 is 2.26 bits per heavy atom. The van der Waals surface area contributed by atoms with Crippen LogP contribution < -0.4 is 10.9 Å². The number of aromatic nitrogens is 1. The zero-order valence-corrected chi connectivity index (χ0v) is 14.3. The predicted octanol–water partition coefficient (Wildman–Crippen LogP) is 2.04. The van der Waals surface area contributed by atoms with Crippen LogP contribution in [-0.2, 0) is 9.31 Å². The van der Waals surface area contributed by atoms with Crippen molar-refractivity contribution in [2.24, 2.45) is 0 Å². The number of carbonyl (C=O) groups excluding carboxylic acids is 1. The highest BCUT2D eigenvalue weighted by atomic mass is 32.1. The second-order valence-corrected chi connectivity index (χ2v) is 7.55.